The topological polar surface area (TPSA) is 75.4 Å². The number of benzene rings is 1. The highest BCUT2D eigenvalue weighted by Crippen LogP contribution is 2.25. The molecule has 1 atom stereocenters. The van der Waals surface area contributed by atoms with Crippen LogP contribution in [-0.2, 0) is 6.54 Å². The van der Waals surface area contributed by atoms with Crippen LogP contribution in [0.5, 0.6) is 0 Å². The molecule has 1 aromatic carbocycles. The van der Waals surface area contributed by atoms with E-state index in [1.807, 2.05) is 0 Å². The minimum Gasteiger partial charge on any atom is -0.374 e. The Kier molecular flexibility index (Phi) is 3.10. The van der Waals surface area contributed by atoms with Gasteiger partial charge in [0.05, 0.1) is 0 Å². The number of primary amides is 1. The lowest BCUT2D eigenvalue weighted by Gasteiger charge is -2.04. The first-order chi connectivity index (χ1) is 6.20. The molecule has 0 saturated carbocycles. The number of nitrogens with two attached hydrogens (primary N) is 1. The van der Waals surface area contributed by atoms with Crippen LogP contribution in [-0.4, -0.2) is 11.0 Å². The summed E-state index contributed by atoms with van der Waals surface area (Å²) in [4.78, 5) is 11.0. The molecule has 0 fully saturated rings. The van der Waals surface area contributed by atoms with Gasteiger partial charge in [-0.2, -0.15) is 0 Å². The average Bonchev–Trinajstić information content (AvgIpc) is 2.48. The molecule has 0 spiro atoms. The molecule has 1 unspecified atom stereocenters. The summed E-state index contributed by atoms with van der Waals surface area (Å²) in [6, 6.07) is 5.17. The van der Waals surface area contributed by atoms with E-state index in [2.05, 4.69) is 5.32 Å². The predicted octanol–water partition coefficient (Wildman–Crippen LogP) is 0.301. The van der Waals surface area contributed by atoms with Gasteiger partial charge in [-0.1, -0.05) is 12.1 Å². The van der Waals surface area contributed by atoms with Crippen molar-refractivity contribution in [3.05, 3.63) is 34.9 Å². The Balaban J connectivity index is 0.000000980. The number of halogens is 1. The third-order valence-corrected chi connectivity index (χ3v) is 2.24. The summed E-state index contributed by atoms with van der Waals surface area (Å²) in [5, 5.41) is 12.3. The van der Waals surface area contributed by atoms with Gasteiger partial charge in [0.2, 0.25) is 5.91 Å². The molecule has 1 heterocycles. The van der Waals surface area contributed by atoms with Crippen LogP contribution >= 0.6 is 12.4 Å². The molecule has 4 N–H and O–H groups in total. The molecule has 0 saturated heterocycles. The molecule has 1 aliphatic rings. The van der Waals surface area contributed by atoms with E-state index in [0.717, 1.165) is 11.1 Å². The van der Waals surface area contributed by atoms with Crippen molar-refractivity contribution in [2.45, 2.75) is 12.8 Å². The summed E-state index contributed by atoms with van der Waals surface area (Å²) < 4.78 is 0. The average molecular weight is 215 g/mol. The van der Waals surface area contributed by atoms with Crippen LogP contribution in [0.2, 0.25) is 0 Å². The molecule has 0 radical (unpaired) electrons. The first-order valence-corrected chi connectivity index (χ1v) is 4.03. The molecule has 14 heavy (non-hydrogen) atoms. The van der Waals surface area contributed by atoms with Gasteiger partial charge < -0.3 is 10.8 Å². The first kappa shape index (κ1) is 11.0. The van der Waals surface area contributed by atoms with E-state index < -0.39 is 12.1 Å². The molecule has 5 heteroatoms. The van der Waals surface area contributed by atoms with Crippen LogP contribution in [0.4, 0.5) is 0 Å². The third-order valence-electron chi connectivity index (χ3n) is 2.24. The quantitative estimate of drug-likeness (QED) is 0.630. The van der Waals surface area contributed by atoms with Gasteiger partial charge >= 0.3 is 0 Å². The second-order valence-corrected chi connectivity index (χ2v) is 3.02. The normalized spacial score (nSPS) is 18.5. The smallest absolute Gasteiger partial charge is 0.249 e. The zero-order chi connectivity index (χ0) is 9.42. The van der Waals surface area contributed by atoms with Gasteiger partial charge in [0.1, 0.15) is 6.23 Å². The van der Waals surface area contributed by atoms with E-state index in [1.54, 1.807) is 18.2 Å². The van der Waals surface area contributed by atoms with Crippen molar-refractivity contribution in [1.29, 1.82) is 0 Å². The molecule has 4 nitrogen and oxygen atoms in total. The largest absolute Gasteiger partial charge is 0.374 e. The van der Waals surface area contributed by atoms with Crippen LogP contribution in [0.15, 0.2) is 18.2 Å². The van der Waals surface area contributed by atoms with Crippen LogP contribution < -0.4 is 11.1 Å². The number of fused-ring (bicyclic) bond motifs is 1. The molecule has 1 aliphatic heterocycles. The van der Waals surface area contributed by atoms with Gasteiger partial charge in [-0.25, -0.2) is 0 Å². The Labute approximate surface area is 87.5 Å². The molecular weight excluding hydrogens is 204 g/mol. The lowest BCUT2D eigenvalue weighted by Crippen LogP contribution is -2.14. The number of aliphatic hydroxyl groups excluding tert-OH is 1. The fraction of sp³-hybridized carbons (Fsp3) is 0.222. The van der Waals surface area contributed by atoms with Gasteiger partial charge in [-0.15, -0.1) is 12.4 Å². The minimum absolute atomic E-state index is 0. The molecule has 76 valence electrons. The molecule has 1 aromatic rings. The highest BCUT2D eigenvalue weighted by atomic mass is 35.5. The Bertz CT molecular complexity index is 368. The standard InChI is InChI=1S/C9H10N2O2.ClH/c10-8(12)5-2-1-3-6-7(5)4-11-9(6)13;/h1-3,9,11,13H,4H2,(H2,10,12);1H. The van der Waals surface area contributed by atoms with Crippen molar-refractivity contribution in [3.63, 3.8) is 0 Å². The minimum atomic E-state index is -0.672. The SMILES string of the molecule is Cl.NC(=O)c1cccc2c1CNC2O. The molecule has 0 aromatic heterocycles. The van der Waals surface area contributed by atoms with Gasteiger partial charge in [0.25, 0.3) is 0 Å². The third kappa shape index (κ3) is 1.59. The summed E-state index contributed by atoms with van der Waals surface area (Å²) >= 11 is 0. The Morgan fingerprint density at radius 2 is 2.29 bits per heavy atom. The zero-order valence-corrected chi connectivity index (χ0v) is 8.17. The monoisotopic (exact) mass is 214 g/mol. The van der Waals surface area contributed by atoms with Crippen molar-refractivity contribution in [1.82, 2.24) is 5.32 Å². The van der Waals surface area contributed by atoms with Gasteiger partial charge in [0.15, 0.2) is 0 Å². The number of aliphatic hydroxyl groups is 1. The number of hydrogen-bond donors (Lipinski definition) is 3. The lowest BCUT2D eigenvalue weighted by molar-refractivity contribution is 0.0999. The highest BCUT2D eigenvalue weighted by molar-refractivity contribution is 5.94. The van der Waals surface area contributed by atoms with Crippen LogP contribution in [0, 0.1) is 0 Å². The summed E-state index contributed by atoms with van der Waals surface area (Å²) in [5.41, 5.74) is 7.23. The fourth-order valence-corrected chi connectivity index (χ4v) is 1.60. The molecule has 0 bridgehead atoms. The maximum Gasteiger partial charge on any atom is 0.249 e. The number of rotatable bonds is 1. The van der Waals surface area contributed by atoms with Crippen molar-refractivity contribution in [2.24, 2.45) is 5.73 Å². The maximum absolute atomic E-state index is 11.0. The van der Waals surface area contributed by atoms with Crippen molar-refractivity contribution >= 4 is 18.3 Å². The van der Waals surface area contributed by atoms with E-state index in [0.29, 0.717) is 12.1 Å². The molecule has 1 amide bonds. The number of carbonyl (C=O) groups is 1. The van der Waals surface area contributed by atoms with Crippen LogP contribution in [0.3, 0.4) is 0 Å². The number of hydrogen-bond acceptors (Lipinski definition) is 3. The predicted molar refractivity (Wildman–Crippen MR) is 54.0 cm³/mol. The van der Waals surface area contributed by atoms with E-state index in [1.165, 1.54) is 0 Å². The molecular formula is C9H11ClN2O2. The van der Waals surface area contributed by atoms with E-state index in [-0.39, 0.29) is 12.4 Å². The zero-order valence-electron chi connectivity index (χ0n) is 7.36. The van der Waals surface area contributed by atoms with E-state index >= 15 is 0 Å². The maximum atomic E-state index is 11.0. The van der Waals surface area contributed by atoms with Gasteiger partial charge in [-0.05, 0) is 11.6 Å². The second kappa shape index (κ2) is 3.96. The van der Waals surface area contributed by atoms with E-state index in [4.69, 9.17) is 5.73 Å². The fourth-order valence-electron chi connectivity index (χ4n) is 1.60. The van der Waals surface area contributed by atoms with Crippen molar-refractivity contribution in [3.8, 4) is 0 Å². The van der Waals surface area contributed by atoms with Crippen molar-refractivity contribution < 1.29 is 9.90 Å². The van der Waals surface area contributed by atoms with Gasteiger partial charge in [0, 0.05) is 17.7 Å². The van der Waals surface area contributed by atoms with Gasteiger partial charge in [-0.3, -0.25) is 10.1 Å². The number of nitrogens with one attached hydrogen (secondary N) is 1. The van der Waals surface area contributed by atoms with Crippen LogP contribution in [0.25, 0.3) is 0 Å². The summed E-state index contributed by atoms with van der Waals surface area (Å²) in [7, 11) is 0. The summed E-state index contributed by atoms with van der Waals surface area (Å²) in [6.45, 7) is 0.496. The number of carbonyl (C=O) groups excluding carboxylic acids is 1. The number of amides is 1. The lowest BCUT2D eigenvalue weighted by atomic mass is 10.0. The molecule has 0 aliphatic carbocycles. The molecule has 2 rings (SSSR count). The van der Waals surface area contributed by atoms with Crippen molar-refractivity contribution in [2.75, 3.05) is 0 Å². The summed E-state index contributed by atoms with van der Waals surface area (Å²) in [6.07, 6.45) is -0.672. The first-order valence-electron chi connectivity index (χ1n) is 4.03. The Morgan fingerprint density at radius 3 is 2.93 bits per heavy atom. The van der Waals surface area contributed by atoms with E-state index in [9.17, 15) is 9.90 Å². The Hall–Kier alpha value is -1.10. The second-order valence-electron chi connectivity index (χ2n) is 3.02. The Morgan fingerprint density at radius 1 is 1.57 bits per heavy atom. The van der Waals surface area contributed by atoms with Crippen LogP contribution in [0.1, 0.15) is 27.7 Å². The highest BCUT2D eigenvalue weighted by Gasteiger charge is 2.23. The summed E-state index contributed by atoms with van der Waals surface area (Å²) in [5.74, 6) is -0.451.